The lowest BCUT2D eigenvalue weighted by molar-refractivity contribution is 0.242. The van der Waals surface area contributed by atoms with Crippen molar-refractivity contribution in [2.24, 2.45) is 0 Å². The Morgan fingerprint density at radius 3 is 2.76 bits per heavy atom. The summed E-state index contributed by atoms with van der Waals surface area (Å²) in [6.07, 6.45) is 1.97. The average Bonchev–Trinajstić information content (AvgIpc) is 2.40. The molecule has 1 heterocycles. The van der Waals surface area contributed by atoms with Crippen molar-refractivity contribution < 1.29 is 8.42 Å². The quantitative estimate of drug-likeness (QED) is 0.609. The predicted molar refractivity (Wildman–Crippen MR) is 89.0 cm³/mol. The molecule has 1 aromatic carbocycles. The summed E-state index contributed by atoms with van der Waals surface area (Å²) in [6.45, 7) is 1.84. The molecule has 1 saturated heterocycles. The molecule has 0 saturated carbocycles. The maximum atomic E-state index is 12.1. The Bertz CT molecular complexity index is 546. The molecule has 21 heavy (non-hydrogen) atoms. The van der Waals surface area contributed by atoms with Crippen molar-refractivity contribution in [1.82, 2.24) is 9.62 Å². The first-order valence-corrected chi connectivity index (χ1v) is 9.75. The molecule has 0 bridgehead atoms. The zero-order valence-corrected chi connectivity index (χ0v) is 13.9. The smallest absolute Gasteiger partial charge is 0.212 e. The molecule has 1 atom stereocenters. The lowest BCUT2D eigenvalue weighted by Gasteiger charge is -2.29. The van der Waals surface area contributed by atoms with Crippen LogP contribution in [-0.2, 0) is 10.0 Å². The maximum absolute atomic E-state index is 12.1. The minimum Gasteiger partial charge on any atom is -0.399 e. The number of benzene rings is 1. The molecule has 1 aliphatic heterocycles. The van der Waals surface area contributed by atoms with E-state index in [2.05, 4.69) is 9.62 Å². The summed E-state index contributed by atoms with van der Waals surface area (Å²) in [5.41, 5.74) is 6.34. The van der Waals surface area contributed by atoms with Crippen LogP contribution in [0, 0.1) is 0 Å². The number of hydrogen-bond donors (Lipinski definition) is 2. The number of piperidine rings is 1. The van der Waals surface area contributed by atoms with Gasteiger partial charge < -0.3 is 10.6 Å². The van der Waals surface area contributed by atoms with E-state index in [0.717, 1.165) is 36.5 Å². The van der Waals surface area contributed by atoms with Gasteiger partial charge in [0.25, 0.3) is 0 Å². The van der Waals surface area contributed by atoms with E-state index in [-0.39, 0.29) is 11.8 Å². The van der Waals surface area contributed by atoms with Crippen molar-refractivity contribution >= 4 is 27.5 Å². The van der Waals surface area contributed by atoms with Gasteiger partial charge in [0, 0.05) is 28.9 Å². The summed E-state index contributed by atoms with van der Waals surface area (Å²) >= 11 is 1.53. The molecule has 5 nitrogen and oxygen atoms in total. The number of hydrogen-bond acceptors (Lipinski definition) is 5. The van der Waals surface area contributed by atoms with Gasteiger partial charge in [0.05, 0.1) is 5.75 Å². The number of thioether (sulfide) groups is 1. The highest BCUT2D eigenvalue weighted by atomic mass is 32.2. The number of likely N-dealkylation sites (tertiary alicyclic amines) is 1. The average molecular weight is 329 g/mol. The van der Waals surface area contributed by atoms with Gasteiger partial charge in [-0.2, -0.15) is 0 Å². The third-order valence-corrected chi connectivity index (χ3v) is 6.18. The molecule has 118 valence electrons. The number of nitrogens with one attached hydrogen (secondary N) is 1. The molecule has 0 aliphatic carbocycles. The van der Waals surface area contributed by atoms with E-state index in [1.54, 1.807) is 0 Å². The molecular formula is C14H23N3O2S2. The minimum atomic E-state index is -3.21. The highest BCUT2D eigenvalue weighted by molar-refractivity contribution is 8.00. The van der Waals surface area contributed by atoms with Crippen molar-refractivity contribution in [3.63, 3.8) is 0 Å². The van der Waals surface area contributed by atoms with Gasteiger partial charge in [-0.25, -0.2) is 13.1 Å². The first-order chi connectivity index (χ1) is 9.94. The molecule has 1 unspecified atom stereocenters. The molecule has 0 radical (unpaired) electrons. The fourth-order valence-corrected chi connectivity index (χ4v) is 5.00. The fourth-order valence-electron chi connectivity index (χ4n) is 2.41. The Morgan fingerprint density at radius 2 is 2.10 bits per heavy atom. The van der Waals surface area contributed by atoms with Crippen LogP contribution < -0.4 is 10.5 Å². The highest BCUT2D eigenvalue weighted by Gasteiger charge is 2.22. The van der Waals surface area contributed by atoms with E-state index in [0.29, 0.717) is 5.75 Å². The first kappa shape index (κ1) is 16.6. The van der Waals surface area contributed by atoms with Crippen molar-refractivity contribution in [3.05, 3.63) is 24.3 Å². The summed E-state index contributed by atoms with van der Waals surface area (Å²) in [7, 11) is -1.18. The van der Waals surface area contributed by atoms with E-state index < -0.39 is 10.0 Å². The van der Waals surface area contributed by atoms with Crippen LogP contribution in [0.5, 0.6) is 0 Å². The van der Waals surface area contributed by atoms with Gasteiger partial charge in [-0.1, -0.05) is 0 Å². The van der Waals surface area contributed by atoms with Gasteiger partial charge in [-0.15, -0.1) is 11.8 Å². The van der Waals surface area contributed by atoms with E-state index in [1.807, 2.05) is 31.3 Å². The van der Waals surface area contributed by atoms with Crippen molar-refractivity contribution in [3.8, 4) is 0 Å². The number of nitrogen functional groups attached to an aromatic ring is 1. The second kappa shape index (κ2) is 7.49. The number of nitrogens with two attached hydrogens (primary N) is 1. The molecule has 1 fully saturated rings. The Morgan fingerprint density at radius 1 is 1.38 bits per heavy atom. The van der Waals surface area contributed by atoms with E-state index in [1.165, 1.54) is 11.8 Å². The predicted octanol–water partition coefficient (Wildman–Crippen LogP) is 1.37. The Labute approximate surface area is 131 Å². The van der Waals surface area contributed by atoms with Gasteiger partial charge in [-0.05, 0) is 50.7 Å². The van der Waals surface area contributed by atoms with Crippen molar-refractivity contribution in [2.45, 2.75) is 23.8 Å². The van der Waals surface area contributed by atoms with E-state index >= 15 is 0 Å². The van der Waals surface area contributed by atoms with Crippen LogP contribution in [0.1, 0.15) is 12.8 Å². The van der Waals surface area contributed by atoms with Crippen LogP contribution in [0.25, 0.3) is 0 Å². The molecular weight excluding hydrogens is 306 g/mol. The molecule has 1 aromatic rings. The summed E-state index contributed by atoms with van der Waals surface area (Å²) in [5, 5.41) is 0. The van der Waals surface area contributed by atoms with E-state index in [4.69, 9.17) is 5.73 Å². The molecule has 7 heteroatoms. The van der Waals surface area contributed by atoms with E-state index in [9.17, 15) is 8.42 Å². The monoisotopic (exact) mass is 329 g/mol. The lowest BCUT2D eigenvalue weighted by atomic mass is 10.1. The summed E-state index contributed by atoms with van der Waals surface area (Å²) in [5.74, 6) is 0.685. The highest BCUT2D eigenvalue weighted by Crippen LogP contribution is 2.19. The van der Waals surface area contributed by atoms with Gasteiger partial charge in [0.1, 0.15) is 0 Å². The third-order valence-electron chi connectivity index (χ3n) is 3.47. The topological polar surface area (TPSA) is 75.4 Å². The van der Waals surface area contributed by atoms with Gasteiger partial charge >= 0.3 is 0 Å². The Hall–Kier alpha value is -0.760. The Kier molecular flexibility index (Phi) is 5.92. The molecule has 2 rings (SSSR count). The fraction of sp³-hybridized carbons (Fsp3) is 0.571. The van der Waals surface area contributed by atoms with Gasteiger partial charge in [0.2, 0.25) is 10.0 Å². The molecule has 0 aromatic heterocycles. The third kappa shape index (κ3) is 5.86. The molecule has 3 N–H and O–H groups in total. The zero-order valence-electron chi connectivity index (χ0n) is 12.3. The number of likely N-dealkylation sites (N-methyl/N-ethyl adjacent to an activating group) is 1. The zero-order chi connectivity index (χ0) is 15.3. The summed E-state index contributed by atoms with van der Waals surface area (Å²) in [4.78, 5) is 3.21. The molecule has 1 aliphatic rings. The SMILES string of the molecule is CN1CCCC(NS(=O)(=O)CCSc2ccc(N)cc2)C1. The standard InChI is InChI=1S/C14H23N3O2S2/c1-17-8-2-3-13(11-17)16-21(18,19)10-9-20-14-6-4-12(15)5-7-14/h4-7,13,16H,2-3,8-11,15H2,1H3. The number of sulfonamides is 1. The van der Waals surface area contributed by atoms with Crippen molar-refractivity contribution in [1.29, 1.82) is 0 Å². The molecule has 0 amide bonds. The minimum absolute atomic E-state index is 0.0512. The van der Waals surface area contributed by atoms with Gasteiger partial charge in [-0.3, -0.25) is 0 Å². The second-order valence-corrected chi connectivity index (χ2v) is 8.50. The van der Waals surface area contributed by atoms with Crippen LogP contribution in [-0.4, -0.2) is 51.0 Å². The maximum Gasteiger partial charge on any atom is 0.212 e. The number of nitrogens with zero attached hydrogens (tertiary/aromatic N) is 1. The van der Waals surface area contributed by atoms with Crippen molar-refractivity contribution in [2.75, 3.05) is 37.4 Å². The molecule has 0 spiro atoms. The largest absolute Gasteiger partial charge is 0.399 e. The van der Waals surface area contributed by atoms with Crippen LogP contribution in [0.15, 0.2) is 29.2 Å². The van der Waals surface area contributed by atoms with Gasteiger partial charge in [0.15, 0.2) is 0 Å². The Balaban J connectivity index is 1.77. The summed E-state index contributed by atoms with van der Waals surface area (Å²) < 4.78 is 27.0. The number of anilines is 1. The lowest BCUT2D eigenvalue weighted by Crippen LogP contribution is -2.47. The van der Waals surface area contributed by atoms with Crippen LogP contribution in [0.3, 0.4) is 0 Å². The summed E-state index contributed by atoms with van der Waals surface area (Å²) in [6, 6.07) is 7.53. The van der Waals surface area contributed by atoms with Crippen LogP contribution in [0.2, 0.25) is 0 Å². The van der Waals surface area contributed by atoms with Crippen LogP contribution in [0.4, 0.5) is 5.69 Å². The first-order valence-electron chi connectivity index (χ1n) is 7.11. The van der Waals surface area contributed by atoms with Crippen LogP contribution >= 0.6 is 11.8 Å². The number of rotatable bonds is 6. The second-order valence-electron chi connectivity index (χ2n) is 5.46. The normalized spacial score (nSPS) is 20.5.